The van der Waals surface area contributed by atoms with Crippen LogP contribution < -0.4 is 15.9 Å². The molecule has 4 atom stereocenters. The summed E-state index contributed by atoms with van der Waals surface area (Å²) in [5, 5.41) is 9.60. The molecule has 2 saturated carbocycles. The summed E-state index contributed by atoms with van der Waals surface area (Å²) in [7, 11) is -0.825. The molecule has 8 rings (SSSR count). The van der Waals surface area contributed by atoms with Crippen molar-refractivity contribution in [2.45, 2.75) is 44.6 Å². The summed E-state index contributed by atoms with van der Waals surface area (Å²) in [5.74, 6) is 2.01. The van der Waals surface area contributed by atoms with Gasteiger partial charge in [-0.2, -0.15) is 0 Å². The second-order valence-corrected chi connectivity index (χ2v) is 15.7. The molecule has 5 aromatic rings. The Labute approximate surface area is 243 Å². The summed E-state index contributed by atoms with van der Waals surface area (Å²) in [6.45, 7) is 5.03. The molecule has 2 aliphatic carbocycles. The Morgan fingerprint density at radius 3 is 1.95 bits per heavy atom. The third kappa shape index (κ3) is 3.62. The zero-order valence-electron chi connectivity index (χ0n) is 23.2. The van der Waals surface area contributed by atoms with Crippen molar-refractivity contribution in [3.8, 4) is 0 Å². The fourth-order valence-corrected chi connectivity index (χ4v) is 12.9. The second-order valence-electron chi connectivity index (χ2n) is 12.5. The zero-order chi connectivity index (χ0) is 26.9. The van der Waals surface area contributed by atoms with Crippen LogP contribution in [0.15, 0.2) is 109 Å². The van der Waals surface area contributed by atoms with Crippen LogP contribution in [0.2, 0.25) is 0 Å². The van der Waals surface area contributed by atoms with Crippen molar-refractivity contribution in [3.05, 3.63) is 115 Å². The minimum Gasteiger partial charge on any atom is -0.359 e. The van der Waals surface area contributed by atoms with Crippen LogP contribution in [0.5, 0.6) is 0 Å². The van der Waals surface area contributed by atoms with Crippen molar-refractivity contribution in [1.82, 2.24) is 0 Å². The van der Waals surface area contributed by atoms with Crippen LogP contribution >= 0.6 is 19.7 Å². The molecule has 3 fully saturated rings. The van der Waals surface area contributed by atoms with Crippen LogP contribution in [0.1, 0.15) is 44.1 Å². The van der Waals surface area contributed by atoms with Gasteiger partial charge in [0.25, 0.3) is 0 Å². The summed E-state index contributed by atoms with van der Waals surface area (Å²) in [6, 6.07) is 40.7. The first-order chi connectivity index (χ1) is 19.6. The predicted octanol–water partition coefficient (Wildman–Crippen LogP) is 8.71. The van der Waals surface area contributed by atoms with Gasteiger partial charge in [0.05, 0.1) is 6.10 Å². The first-order valence-corrected chi connectivity index (χ1v) is 17.1. The summed E-state index contributed by atoms with van der Waals surface area (Å²) in [5.41, 5.74) is 2.17. The first-order valence-electron chi connectivity index (χ1n) is 14.7. The maximum Gasteiger partial charge on any atom is 0.129 e. The molecule has 200 valence electrons. The van der Waals surface area contributed by atoms with Gasteiger partial charge in [-0.3, -0.25) is 0 Å². The molecule has 0 unspecified atom stereocenters. The second kappa shape index (κ2) is 9.45. The molecule has 0 aromatic heterocycles. The van der Waals surface area contributed by atoms with E-state index >= 15 is 0 Å². The fraction of sp³-hybridized carbons (Fsp3) is 0.297. The average molecular weight is 559 g/mol. The van der Waals surface area contributed by atoms with E-state index in [1.807, 2.05) is 0 Å². The van der Waals surface area contributed by atoms with Gasteiger partial charge in [0, 0.05) is 11.2 Å². The van der Waals surface area contributed by atoms with E-state index in [0.29, 0.717) is 16.9 Å². The smallest absolute Gasteiger partial charge is 0.129 e. The van der Waals surface area contributed by atoms with E-state index in [4.69, 9.17) is 4.74 Å². The van der Waals surface area contributed by atoms with Gasteiger partial charge in [0.15, 0.2) is 0 Å². The maximum atomic E-state index is 7.17. The Bertz CT molecular complexity index is 1650. The summed E-state index contributed by atoms with van der Waals surface area (Å²) >= 11 is 2.06. The van der Waals surface area contributed by atoms with Crippen molar-refractivity contribution in [2.75, 3.05) is 5.75 Å². The number of fused-ring (bicyclic) bond motifs is 3. The highest BCUT2D eigenvalue weighted by Gasteiger charge is 2.66. The van der Waals surface area contributed by atoms with Crippen molar-refractivity contribution < 1.29 is 4.74 Å². The molecule has 3 heteroatoms. The van der Waals surface area contributed by atoms with Crippen molar-refractivity contribution >= 4 is 57.1 Å². The van der Waals surface area contributed by atoms with E-state index in [9.17, 15) is 0 Å². The van der Waals surface area contributed by atoms with Crippen molar-refractivity contribution in [3.63, 3.8) is 0 Å². The van der Waals surface area contributed by atoms with Gasteiger partial charge < -0.3 is 4.74 Å². The van der Waals surface area contributed by atoms with E-state index in [2.05, 4.69) is 135 Å². The zero-order valence-corrected chi connectivity index (χ0v) is 24.9. The van der Waals surface area contributed by atoms with Crippen molar-refractivity contribution in [1.29, 1.82) is 0 Å². The normalized spacial score (nSPS) is 26.9. The molecular weight excluding hydrogens is 523 g/mol. The number of ether oxygens (including phenoxy) is 1. The van der Waals surface area contributed by atoms with Crippen LogP contribution in [0.4, 0.5) is 0 Å². The third-order valence-electron chi connectivity index (χ3n) is 10.6. The Morgan fingerprint density at radius 2 is 1.27 bits per heavy atom. The molecule has 1 saturated heterocycles. The van der Waals surface area contributed by atoms with E-state index in [-0.39, 0.29) is 5.44 Å². The molecule has 40 heavy (non-hydrogen) atoms. The molecule has 1 nitrogen and oxygen atoms in total. The van der Waals surface area contributed by atoms with Crippen LogP contribution in [0.25, 0.3) is 21.5 Å². The van der Waals surface area contributed by atoms with Crippen LogP contribution in [-0.2, 0) is 4.74 Å². The largest absolute Gasteiger partial charge is 0.359 e. The highest BCUT2D eigenvalue weighted by molar-refractivity contribution is 7.99. The third-order valence-corrected chi connectivity index (χ3v) is 14.6. The SMILES string of the molecule is CC1(C)[C@@H]2CC[C@]13CS[C@H](c1ccccc1P(c1cccc4ccccc14)c1cccc4ccccc14)O[C@@H]3C2. The Morgan fingerprint density at radius 1 is 0.700 bits per heavy atom. The van der Waals surface area contributed by atoms with E-state index < -0.39 is 7.92 Å². The molecule has 1 spiro atoms. The average Bonchev–Trinajstić information content (AvgIpc) is 3.37. The van der Waals surface area contributed by atoms with Gasteiger partial charge in [-0.25, -0.2) is 0 Å². The standard InChI is InChI=1S/C37H35OPS/c1-36(2)27-21-22-37(36)24-40-35(38-34(37)23-27)30-17-7-8-18-33(30)39(31-19-9-13-25-11-3-5-15-28(25)31)32-20-10-14-26-12-4-6-16-29(26)32/h3-20,27,34-35H,21-24H2,1-2H3/t27-,34-,35-,37-/m1/s1. The first kappa shape index (κ1) is 25.1. The van der Waals surface area contributed by atoms with Gasteiger partial charge in [0.2, 0.25) is 0 Å². The van der Waals surface area contributed by atoms with Crippen LogP contribution in [0, 0.1) is 16.7 Å². The fourth-order valence-electron chi connectivity index (χ4n) is 8.19. The Kier molecular flexibility index (Phi) is 5.93. The molecule has 0 N–H and O–H groups in total. The molecule has 1 heterocycles. The maximum absolute atomic E-state index is 7.17. The number of rotatable bonds is 4. The highest BCUT2D eigenvalue weighted by Crippen LogP contribution is 2.70. The number of hydrogen-bond acceptors (Lipinski definition) is 2. The Hall–Kier alpha value is -2.64. The molecular formula is C37H35OPS. The quantitative estimate of drug-likeness (QED) is 0.204. The lowest BCUT2D eigenvalue weighted by Gasteiger charge is -2.47. The lowest BCUT2D eigenvalue weighted by Crippen LogP contribution is -2.46. The number of benzene rings is 5. The minimum atomic E-state index is -0.825. The van der Waals surface area contributed by atoms with Crippen LogP contribution in [-0.4, -0.2) is 11.9 Å². The lowest BCUT2D eigenvalue weighted by atomic mass is 9.69. The summed E-state index contributed by atoms with van der Waals surface area (Å²) in [6.07, 6.45) is 4.31. The minimum absolute atomic E-state index is 0.0805. The summed E-state index contributed by atoms with van der Waals surface area (Å²) < 4.78 is 7.17. The van der Waals surface area contributed by atoms with Crippen LogP contribution in [0.3, 0.4) is 0 Å². The van der Waals surface area contributed by atoms with Gasteiger partial charge >= 0.3 is 0 Å². The van der Waals surface area contributed by atoms with E-state index in [0.717, 1.165) is 5.92 Å². The molecule has 0 radical (unpaired) electrons. The van der Waals surface area contributed by atoms with Gasteiger partial charge in [-0.15, -0.1) is 11.8 Å². The van der Waals surface area contributed by atoms with Gasteiger partial charge in [-0.1, -0.05) is 123 Å². The van der Waals surface area contributed by atoms with E-state index in [1.54, 1.807) is 0 Å². The number of thioether (sulfide) groups is 1. The highest BCUT2D eigenvalue weighted by atomic mass is 32.2. The van der Waals surface area contributed by atoms with Gasteiger partial charge in [0.1, 0.15) is 5.44 Å². The molecule has 0 amide bonds. The molecule has 5 aromatic carbocycles. The molecule has 2 bridgehead atoms. The predicted molar refractivity (Wildman–Crippen MR) is 174 cm³/mol. The summed E-state index contributed by atoms with van der Waals surface area (Å²) in [4.78, 5) is 0. The lowest BCUT2D eigenvalue weighted by molar-refractivity contribution is -0.0667. The topological polar surface area (TPSA) is 9.23 Å². The van der Waals surface area contributed by atoms with E-state index in [1.165, 1.54) is 68.0 Å². The Balaban J connectivity index is 1.30. The molecule has 3 aliphatic rings. The van der Waals surface area contributed by atoms with Crippen molar-refractivity contribution in [2.24, 2.45) is 16.7 Å². The monoisotopic (exact) mass is 558 g/mol. The number of hydrogen-bond donors (Lipinski definition) is 0. The molecule has 1 aliphatic heterocycles. The van der Waals surface area contributed by atoms with Gasteiger partial charge in [-0.05, 0) is 81.5 Å².